The second kappa shape index (κ2) is 7.84. The van der Waals surface area contributed by atoms with Gasteiger partial charge in [-0.1, -0.05) is 50.1 Å². The summed E-state index contributed by atoms with van der Waals surface area (Å²) in [5, 5.41) is 5.81. The number of hydrogen-bond acceptors (Lipinski definition) is 3. The number of alkyl halides is 6. The predicted octanol–water partition coefficient (Wildman–Crippen LogP) is 8.39. The summed E-state index contributed by atoms with van der Waals surface area (Å²) in [5.41, 5.74) is -2.53. The van der Waals surface area contributed by atoms with Crippen LogP contribution in [0.25, 0.3) is 0 Å². The number of halogens is 10. The van der Waals surface area contributed by atoms with Gasteiger partial charge in [-0.3, -0.25) is 14.9 Å². The average Bonchev–Trinajstić information content (AvgIpc) is 2.67. The Hall–Kier alpha value is -1.39. The minimum atomic E-state index is -10.9. The zero-order valence-electron chi connectivity index (χ0n) is 15.1. The lowest BCUT2D eigenvalue weighted by Crippen LogP contribution is -2.53. The van der Waals surface area contributed by atoms with Crippen molar-refractivity contribution in [1.82, 2.24) is 0 Å². The average molecular weight is 683 g/mol. The highest BCUT2D eigenvalue weighted by atomic mass is 79.9. The van der Waals surface area contributed by atoms with Crippen LogP contribution in [0.5, 0.6) is 0 Å². The Morgan fingerprint density at radius 3 is 2.12 bits per heavy atom. The van der Waals surface area contributed by atoms with Crippen molar-refractivity contribution < 1.29 is 38.4 Å². The number of amides is 1. The van der Waals surface area contributed by atoms with E-state index in [2.05, 4.69) is 31.9 Å². The summed E-state index contributed by atoms with van der Waals surface area (Å²) in [6, 6.07) is 5.61. The predicted molar refractivity (Wildman–Crippen MR) is 117 cm³/mol. The lowest BCUT2D eigenvalue weighted by molar-refractivity contribution is -0.384. The molecule has 178 valence electrons. The van der Waals surface area contributed by atoms with Gasteiger partial charge in [-0.05, 0) is 34.1 Å². The van der Waals surface area contributed by atoms with E-state index >= 15 is 0 Å². The fourth-order valence-corrected chi connectivity index (χ4v) is 6.13. The van der Waals surface area contributed by atoms with E-state index in [1.165, 1.54) is 0 Å². The second-order valence-electron chi connectivity index (χ2n) is 6.27. The first kappa shape index (κ1) is 26.9. The first-order valence-corrected chi connectivity index (χ1v) is 12.6. The van der Waals surface area contributed by atoms with Crippen molar-refractivity contribution >= 4 is 74.9 Å². The van der Waals surface area contributed by atoms with Gasteiger partial charge < -0.3 is 5.32 Å². The SMILES string of the molecule is O=C(Nc1ccccc1S(F)(F)(F)(F)C(F)(F)C(F)(Br)C(Br)Br)c1cccc([N+](=O)[O-])c1. The number of para-hydroxylation sites is 1. The molecular weight excluding hydrogens is 673 g/mol. The van der Waals surface area contributed by atoms with E-state index in [1.807, 2.05) is 0 Å². The normalized spacial score (nSPS) is 16.6. The third-order valence-electron chi connectivity index (χ3n) is 4.07. The smallest absolute Gasteiger partial charge is 0.321 e. The molecule has 5 nitrogen and oxygen atoms in total. The summed E-state index contributed by atoms with van der Waals surface area (Å²) in [6.45, 7) is 0. The zero-order valence-corrected chi connectivity index (χ0v) is 20.6. The summed E-state index contributed by atoms with van der Waals surface area (Å²) in [4.78, 5) is 19.7. The van der Waals surface area contributed by atoms with Crippen molar-refractivity contribution in [2.24, 2.45) is 0 Å². The van der Waals surface area contributed by atoms with Gasteiger partial charge in [0.2, 0.25) is 9.84 Å². The van der Waals surface area contributed by atoms with Crippen LogP contribution in [0.1, 0.15) is 10.4 Å². The summed E-state index contributed by atoms with van der Waals surface area (Å²) in [5.74, 6) is -1.39. The molecule has 0 aliphatic heterocycles. The first-order valence-electron chi connectivity index (χ1n) is 7.95. The lowest BCUT2D eigenvalue weighted by atomic mass is 10.2. The Kier molecular flexibility index (Phi) is 6.58. The summed E-state index contributed by atoms with van der Waals surface area (Å²) >= 11 is 6.00. The number of nitro groups is 1. The number of carbonyl (C=O) groups is 1. The van der Waals surface area contributed by atoms with Crippen molar-refractivity contribution in [2.75, 3.05) is 5.32 Å². The molecule has 1 amide bonds. The van der Waals surface area contributed by atoms with Crippen LogP contribution in [0.2, 0.25) is 0 Å². The number of nitrogens with zero attached hydrogens (tertiary/aromatic N) is 1. The molecular formula is C16H10Br3F7N2O3S. The Morgan fingerprint density at radius 1 is 1.03 bits per heavy atom. The molecule has 0 aliphatic carbocycles. The van der Waals surface area contributed by atoms with E-state index in [4.69, 9.17) is 0 Å². The van der Waals surface area contributed by atoms with Crippen LogP contribution in [0.3, 0.4) is 0 Å². The molecule has 1 atom stereocenters. The fourth-order valence-electron chi connectivity index (χ4n) is 2.42. The molecule has 0 spiro atoms. The van der Waals surface area contributed by atoms with Gasteiger partial charge >= 0.3 is 5.25 Å². The highest BCUT2D eigenvalue weighted by molar-refractivity contribution is 9.25. The lowest BCUT2D eigenvalue weighted by Gasteiger charge is -2.57. The van der Waals surface area contributed by atoms with Crippen LogP contribution >= 0.6 is 57.6 Å². The third kappa shape index (κ3) is 4.25. The molecule has 0 fully saturated rings. The third-order valence-corrected chi connectivity index (χ3v) is 10.4. The van der Waals surface area contributed by atoms with Crippen molar-refractivity contribution in [2.45, 2.75) is 18.5 Å². The molecule has 2 aromatic carbocycles. The van der Waals surface area contributed by atoms with Crippen LogP contribution in [-0.4, -0.2) is 24.4 Å². The van der Waals surface area contributed by atoms with Gasteiger partial charge in [-0.2, -0.15) is 8.78 Å². The fraction of sp³-hybridized carbons (Fsp3) is 0.188. The van der Waals surface area contributed by atoms with Gasteiger partial charge in [-0.15, -0.1) is 15.5 Å². The molecule has 0 radical (unpaired) electrons. The van der Waals surface area contributed by atoms with Gasteiger partial charge in [0.15, 0.2) is 0 Å². The zero-order chi connectivity index (χ0) is 24.8. The first-order chi connectivity index (χ1) is 14.3. The number of nitro benzene ring substituents is 1. The molecule has 32 heavy (non-hydrogen) atoms. The largest absolute Gasteiger partial charge is 0.402 e. The van der Waals surface area contributed by atoms with Crippen LogP contribution in [0.15, 0.2) is 53.4 Å². The molecule has 0 heterocycles. The number of nitrogens with one attached hydrogen (secondary N) is 1. The van der Waals surface area contributed by atoms with Crippen molar-refractivity contribution in [3.8, 4) is 0 Å². The van der Waals surface area contributed by atoms with Gasteiger partial charge in [0.05, 0.1) is 10.6 Å². The number of benzene rings is 2. The topological polar surface area (TPSA) is 72.2 Å². The van der Waals surface area contributed by atoms with E-state index in [0.717, 1.165) is 24.3 Å². The molecule has 1 N–H and O–H groups in total. The highest BCUT2D eigenvalue weighted by Crippen LogP contribution is 3.08. The van der Waals surface area contributed by atoms with E-state index in [9.17, 15) is 43.6 Å². The number of non-ortho nitro benzene ring substituents is 1. The van der Waals surface area contributed by atoms with Crippen LogP contribution in [0.4, 0.5) is 40.1 Å². The summed E-state index contributed by atoms with van der Waals surface area (Å²) < 4.78 is 96.2. The minimum Gasteiger partial charge on any atom is -0.321 e. The minimum absolute atomic E-state index is 0.0704. The molecule has 1 unspecified atom stereocenters. The quantitative estimate of drug-likeness (QED) is 0.138. The second-order valence-corrected chi connectivity index (χ2v) is 13.6. The van der Waals surface area contributed by atoms with E-state index in [1.54, 1.807) is 21.2 Å². The van der Waals surface area contributed by atoms with Crippen molar-refractivity contribution in [3.63, 3.8) is 0 Å². The monoisotopic (exact) mass is 680 g/mol. The Balaban J connectivity index is 2.66. The van der Waals surface area contributed by atoms with Crippen LogP contribution in [-0.2, 0) is 0 Å². The molecule has 0 aromatic heterocycles. The Bertz CT molecular complexity index is 1100. The number of hydrogen-bond donors (Lipinski definition) is 1. The van der Waals surface area contributed by atoms with E-state index in [0.29, 0.717) is 18.2 Å². The van der Waals surface area contributed by atoms with Gasteiger partial charge in [0.25, 0.3) is 16.2 Å². The number of rotatable bonds is 7. The van der Waals surface area contributed by atoms with Gasteiger partial charge in [0, 0.05) is 17.7 Å². The maximum atomic E-state index is 14.9. The number of anilines is 1. The van der Waals surface area contributed by atoms with Crippen molar-refractivity contribution in [1.29, 1.82) is 0 Å². The molecule has 2 rings (SSSR count). The maximum Gasteiger partial charge on any atom is 0.402 e. The van der Waals surface area contributed by atoms with Crippen LogP contribution in [0, 0.1) is 10.1 Å². The van der Waals surface area contributed by atoms with Crippen LogP contribution < -0.4 is 5.32 Å². The maximum absolute atomic E-state index is 14.9. The molecule has 0 saturated heterocycles. The summed E-state index contributed by atoms with van der Waals surface area (Å²) in [7, 11) is -10.9. The standard InChI is InChI=1S/C16H10Br3F7N2O3S/c17-14(18)15(19,20)16(21,22)32(23,24,25,26)12-7-2-1-6-11(12)27-13(29)9-4-3-5-10(8-9)28(30)31/h1-8,14H,(H,27,29). The Labute approximate surface area is 200 Å². The van der Waals surface area contributed by atoms with Crippen molar-refractivity contribution in [3.05, 3.63) is 64.2 Å². The van der Waals surface area contributed by atoms with Gasteiger partial charge in [-0.25, -0.2) is 4.39 Å². The molecule has 0 aliphatic rings. The molecule has 2 aromatic rings. The summed E-state index contributed by atoms with van der Waals surface area (Å²) in [6.07, 6.45) is 0. The molecule has 0 bridgehead atoms. The molecule has 16 heteroatoms. The highest BCUT2D eigenvalue weighted by Gasteiger charge is 2.90. The van der Waals surface area contributed by atoms with Gasteiger partial charge in [0.1, 0.15) is 8.63 Å². The molecule has 0 saturated carbocycles. The number of carbonyl (C=O) groups excluding carboxylic acids is 1. The van der Waals surface area contributed by atoms with E-state index in [-0.39, 0.29) is 6.07 Å². The Morgan fingerprint density at radius 2 is 1.59 bits per heavy atom. The van der Waals surface area contributed by atoms with E-state index < -0.39 is 56.1 Å².